The quantitative estimate of drug-likeness (QED) is 0.835. The summed E-state index contributed by atoms with van der Waals surface area (Å²) in [4.78, 5) is 26.6. The monoisotopic (exact) mass is 370 g/mol. The van der Waals surface area contributed by atoms with Crippen LogP contribution >= 0.6 is 11.8 Å². The highest BCUT2D eigenvalue weighted by atomic mass is 32.2. The van der Waals surface area contributed by atoms with Gasteiger partial charge in [0.25, 0.3) is 0 Å². The van der Waals surface area contributed by atoms with E-state index in [4.69, 9.17) is 0 Å². The summed E-state index contributed by atoms with van der Waals surface area (Å²) in [6.07, 6.45) is 2.94. The molecule has 1 aliphatic heterocycles. The lowest BCUT2D eigenvalue weighted by Crippen LogP contribution is -2.43. The third-order valence-corrected chi connectivity index (χ3v) is 5.03. The second-order valence-electron chi connectivity index (χ2n) is 6.07. The Labute approximate surface area is 156 Å². The van der Waals surface area contributed by atoms with Crippen LogP contribution in [-0.2, 0) is 9.59 Å². The molecule has 0 radical (unpaired) electrons. The van der Waals surface area contributed by atoms with Crippen LogP contribution in [0.4, 0.5) is 10.1 Å². The van der Waals surface area contributed by atoms with E-state index in [-0.39, 0.29) is 17.6 Å². The van der Waals surface area contributed by atoms with Crippen molar-refractivity contribution in [2.45, 2.75) is 13.0 Å². The average Bonchev–Trinajstić information content (AvgIpc) is 3.10. The number of carbonyl (C=O) groups excluding carboxylic acids is 2. The first-order valence-electron chi connectivity index (χ1n) is 8.22. The SMILES string of the molecule is Cc1cccc(NC(=O)C2CSCN2C(=O)C=Cc2cccc(F)c2)c1. The third-order valence-electron chi connectivity index (χ3n) is 4.02. The lowest BCUT2D eigenvalue weighted by atomic mass is 10.2. The molecule has 2 aromatic rings. The zero-order chi connectivity index (χ0) is 18.5. The Bertz CT molecular complexity index is 853. The minimum Gasteiger partial charge on any atom is -0.324 e. The van der Waals surface area contributed by atoms with E-state index in [0.717, 1.165) is 11.3 Å². The number of rotatable bonds is 4. The number of hydrogen-bond donors (Lipinski definition) is 1. The molecule has 1 aliphatic rings. The second kappa shape index (κ2) is 8.19. The number of carbonyl (C=O) groups is 2. The summed E-state index contributed by atoms with van der Waals surface area (Å²) in [7, 11) is 0. The summed E-state index contributed by atoms with van der Waals surface area (Å²) >= 11 is 1.54. The van der Waals surface area contributed by atoms with Crippen LogP contribution in [0.15, 0.2) is 54.6 Å². The highest BCUT2D eigenvalue weighted by Crippen LogP contribution is 2.23. The van der Waals surface area contributed by atoms with Gasteiger partial charge in [-0.1, -0.05) is 24.3 Å². The third kappa shape index (κ3) is 4.52. The molecule has 0 aliphatic carbocycles. The number of benzene rings is 2. The molecule has 1 N–H and O–H groups in total. The van der Waals surface area contributed by atoms with Crippen LogP contribution in [-0.4, -0.2) is 34.4 Å². The molecule has 1 saturated heterocycles. The molecule has 1 unspecified atom stereocenters. The molecule has 1 heterocycles. The van der Waals surface area contributed by atoms with Gasteiger partial charge in [0.1, 0.15) is 11.9 Å². The highest BCUT2D eigenvalue weighted by Gasteiger charge is 2.33. The molecular formula is C20H19FN2O2S. The maximum atomic E-state index is 13.2. The standard InChI is InChI=1S/C20H19FN2O2S/c1-14-4-2-7-17(10-14)22-20(25)18-12-26-13-23(18)19(24)9-8-15-5-3-6-16(21)11-15/h2-11,18H,12-13H2,1H3,(H,22,25). The van der Waals surface area contributed by atoms with Gasteiger partial charge in [0, 0.05) is 17.5 Å². The first-order valence-corrected chi connectivity index (χ1v) is 9.38. The predicted octanol–water partition coefficient (Wildman–Crippen LogP) is 3.69. The number of aryl methyl sites for hydroxylation is 1. The highest BCUT2D eigenvalue weighted by molar-refractivity contribution is 7.99. The Morgan fingerprint density at radius 1 is 1.23 bits per heavy atom. The van der Waals surface area contributed by atoms with Crippen molar-refractivity contribution in [3.8, 4) is 0 Å². The molecule has 134 valence electrons. The molecule has 0 spiro atoms. The second-order valence-corrected chi connectivity index (χ2v) is 7.07. The molecule has 1 atom stereocenters. The summed E-state index contributed by atoms with van der Waals surface area (Å²) < 4.78 is 13.2. The summed E-state index contributed by atoms with van der Waals surface area (Å²) in [6.45, 7) is 1.95. The van der Waals surface area contributed by atoms with Gasteiger partial charge in [-0.05, 0) is 48.4 Å². The van der Waals surface area contributed by atoms with Crippen molar-refractivity contribution in [3.63, 3.8) is 0 Å². The number of nitrogens with zero attached hydrogens (tertiary/aromatic N) is 1. The van der Waals surface area contributed by atoms with Gasteiger partial charge in [-0.3, -0.25) is 9.59 Å². The fraction of sp³-hybridized carbons (Fsp3) is 0.200. The fourth-order valence-electron chi connectivity index (χ4n) is 2.70. The van der Waals surface area contributed by atoms with Crippen molar-refractivity contribution in [2.75, 3.05) is 16.9 Å². The minimum atomic E-state index is -0.523. The molecule has 2 aromatic carbocycles. The van der Waals surface area contributed by atoms with E-state index in [0.29, 0.717) is 17.2 Å². The zero-order valence-corrected chi connectivity index (χ0v) is 15.1. The number of amides is 2. The maximum Gasteiger partial charge on any atom is 0.248 e. The van der Waals surface area contributed by atoms with Gasteiger partial charge in [0.2, 0.25) is 11.8 Å². The van der Waals surface area contributed by atoms with Crippen molar-refractivity contribution >= 4 is 35.3 Å². The Kier molecular flexibility index (Phi) is 5.73. The number of halogens is 1. The van der Waals surface area contributed by atoms with Gasteiger partial charge >= 0.3 is 0 Å². The smallest absolute Gasteiger partial charge is 0.248 e. The molecule has 2 amide bonds. The van der Waals surface area contributed by atoms with E-state index in [1.807, 2.05) is 31.2 Å². The van der Waals surface area contributed by atoms with Crippen LogP contribution in [0.25, 0.3) is 6.08 Å². The van der Waals surface area contributed by atoms with Crippen molar-refractivity contribution in [1.29, 1.82) is 0 Å². The summed E-state index contributed by atoms with van der Waals surface area (Å²) in [5, 5.41) is 2.87. The molecular weight excluding hydrogens is 351 g/mol. The van der Waals surface area contributed by atoms with E-state index in [9.17, 15) is 14.0 Å². The minimum absolute atomic E-state index is 0.201. The van der Waals surface area contributed by atoms with Crippen molar-refractivity contribution in [2.24, 2.45) is 0 Å². The van der Waals surface area contributed by atoms with Crippen LogP contribution in [0.5, 0.6) is 0 Å². The summed E-state index contributed by atoms with van der Waals surface area (Å²) in [6, 6.07) is 13.0. The normalized spacial score (nSPS) is 16.8. The molecule has 0 aromatic heterocycles. The molecule has 1 fully saturated rings. The molecule has 3 rings (SSSR count). The Morgan fingerprint density at radius 3 is 2.81 bits per heavy atom. The topological polar surface area (TPSA) is 49.4 Å². The Hall–Kier alpha value is -2.60. The Morgan fingerprint density at radius 2 is 2.04 bits per heavy atom. The molecule has 6 heteroatoms. The van der Waals surface area contributed by atoms with E-state index in [2.05, 4.69) is 5.32 Å². The number of hydrogen-bond acceptors (Lipinski definition) is 3. The summed E-state index contributed by atoms with van der Waals surface area (Å²) in [5.41, 5.74) is 2.37. The zero-order valence-electron chi connectivity index (χ0n) is 14.3. The molecule has 4 nitrogen and oxygen atoms in total. The predicted molar refractivity (Wildman–Crippen MR) is 103 cm³/mol. The van der Waals surface area contributed by atoms with Crippen LogP contribution in [0, 0.1) is 12.7 Å². The molecule has 26 heavy (non-hydrogen) atoms. The lowest BCUT2D eigenvalue weighted by Gasteiger charge is -2.21. The summed E-state index contributed by atoms with van der Waals surface area (Å²) in [5.74, 6) is 0.193. The average molecular weight is 370 g/mol. The fourth-order valence-corrected chi connectivity index (χ4v) is 3.86. The molecule has 0 saturated carbocycles. The Balaban J connectivity index is 1.67. The van der Waals surface area contributed by atoms with E-state index in [1.165, 1.54) is 34.9 Å². The van der Waals surface area contributed by atoms with Gasteiger partial charge in [-0.2, -0.15) is 0 Å². The van der Waals surface area contributed by atoms with Crippen molar-refractivity contribution in [3.05, 3.63) is 71.6 Å². The van der Waals surface area contributed by atoms with Gasteiger partial charge in [-0.15, -0.1) is 11.8 Å². The number of anilines is 1. The first-order chi connectivity index (χ1) is 12.5. The lowest BCUT2D eigenvalue weighted by molar-refractivity contribution is -0.132. The number of thioether (sulfide) groups is 1. The van der Waals surface area contributed by atoms with Crippen molar-refractivity contribution in [1.82, 2.24) is 4.90 Å². The van der Waals surface area contributed by atoms with Crippen LogP contribution in [0.1, 0.15) is 11.1 Å². The van der Waals surface area contributed by atoms with E-state index >= 15 is 0 Å². The van der Waals surface area contributed by atoms with Crippen LogP contribution in [0.2, 0.25) is 0 Å². The van der Waals surface area contributed by atoms with Gasteiger partial charge in [-0.25, -0.2) is 4.39 Å². The van der Waals surface area contributed by atoms with Gasteiger partial charge in [0.05, 0.1) is 5.88 Å². The first kappa shape index (κ1) is 18.2. The van der Waals surface area contributed by atoms with E-state index < -0.39 is 6.04 Å². The van der Waals surface area contributed by atoms with Gasteiger partial charge < -0.3 is 10.2 Å². The number of nitrogens with one attached hydrogen (secondary N) is 1. The van der Waals surface area contributed by atoms with Crippen molar-refractivity contribution < 1.29 is 14.0 Å². The van der Waals surface area contributed by atoms with E-state index in [1.54, 1.807) is 18.2 Å². The molecule has 0 bridgehead atoms. The van der Waals surface area contributed by atoms with Crippen LogP contribution < -0.4 is 5.32 Å². The largest absolute Gasteiger partial charge is 0.324 e. The van der Waals surface area contributed by atoms with Crippen LogP contribution in [0.3, 0.4) is 0 Å². The van der Waals surface area contributed by atoms with Gasteiger partial charge in [0.15, 0.2) is 0 Å². The maximum absolute atomic E-state index is 13.2.